The van der Waals surface area contributed by atoms with Crippen LogP contribution in [0.25, 0.3) is 22.6 Å². The standard InChI is InChI=1S/C33H28F4N6O3S/c1-19(2)26-16-22(34)10-15-28(26)43-29(44)17-47-32(43)40-31(45)39-27-5-3-4-25(27)20-6-8-21(9-7-20)30-38-18-42(41-30)23-11-13-24(14-12-23)46-33(35,36)37/h6-16,18-19H,3-5,17H2,1-2H3,(H,39,45)/b40-32-. The average molecular weight is 665 g/mol. The van der Waals surface area contributed by atoms with E-state index in [1.165, 1.54) is 58.4 Å². The quantitative estimate of drug-likeness (QED) is 0.202. The van der Waals surface area contributed by atoms with E-state index in [-0.39, 0.29) is 28.5 Å². The fourth-order valence-electron chi connectivity index (χ4n) is 5.46. The lowest BCUT2D eigenvalue weighted by molar-refractivity contribution is -0.274. The number of hydrogen-bond donors (Lipinski definition) is 1. The second kappa shape index (κ2) is 13.0. The van der Waals surface area contributed by atoms with Crippen LogP contribution in [0, 0.1) is 5.82 Å². The summed E-state index contributed by atoms with van der Waals surface area (Å²) in [4.78, 5) is 35.9. The van der Waals surface area contributed by atoms with Crippen LogP contribution in [0.4, 0.5) is 28.0 Å². The summed E-state index contributed by atoms with van der Waals surface area (Å²) in [6.45, 7) is 3.81. The van der Waals surface area contributed by atoms with Crippen molar-refractivity contribution in [1.82, 2.24) is 20.1 Å². The Morgan fingerprint density at radius 3 is 2.45 bits per heavy atom. The van der Waals surface area contributed by atoms with Gasteiger partial charge < -0.3 is 10.1 Å². The molecule has 0 bridgehead atoms. The molecule has 0 saturated carbocycles. The maximum Gasteiger partial charge on any atom is 0.573 e. The Balaban J connectivity index is 1.16. The van der Waals surface area contributed by atoms with Crippen molar-refractivity contribution < 1.29 is 31.9 Å². The molecule has 3 aromatic carbocycles. The molecule has 4 aromatic rings. The first-order valence-electron chi connectivity index (χ1n) is 14.7. The molecule has 2 aliphatic rings. The zero-order chi connectivity index (χ0) is 33.3. The summed E-state index contributed by atoms with van der Waals surface area (Å²) < 4.78 is 56.7. The van der Waals surface area contributed by atoms with E-state index in [0.29, 0.717) is 29.2 Å². The number of nitrogens with zero attached hydrogens (tertiary/aromatic N) is 5. The number of anilines is 1. The van der Waals surface area contributed by atoms with Gasteiger partial charge in [0.1, 0.15) is 17.9 Å². The molecule has 1 aromatic heterocycles. The van der Waals surface area contributed by atoms with Crippen LogP contribution >= 0.6 is 11.8 Å². The van der Waals surface area contributed by atoms with Crippen molar-refractivity contribution in [3.8, 4) is 22.8 Å². The molecule has 0 atom stereocenters. The lowest BCUT2D eigenvalue weighted by Crippen LogP contribution is -2.32. The van der Waals surface area contributed by atoms with Gasteiger partial charge in [-0.1, -0.05) is 49.9 Å². The van der Waals surface area contributed by atoms with Gasteiger partial charge in [0, 0.05) is 11.3 Å². The second-order valence-electron chi connectivity index (χ2n) is 11.1. The molecule has 1 saturated heterocycles. The summed E-state index contributed by atoms with van der Waals surface area (Å²) in [6.07, 6.45) is -1.06. The zero-order valence-corrected chi connectivity index (χ0v) is 26.0. The van der Waals surface area contributed by atoms with Crippen LogP contribution in [0.5, 0.6) is 5.75 Å². The van der Waals surface area contributed by atoms with E-state index >= 15 is 0 Å². The van der Waals surface area contributed by atoms with Crippen molar-refractivity contribution in [2.45, 2.75) is 45.4 Å². The number of allylic oxidation sites excluding steroid dienone is 2. The van der Waals surface area contributed by atoms with Crippen LogP contribution in [-0.2, 0) is 4.79 Å². The third-order valence-corrected chi connectivity index (χ3v) is 8.53. The number of carbonyl (C=O) groups excluding carboxylic acids is 2. The Bertz CT molecular complexity index is 1890. The largest absolute Gasteiger partial charge is 0.573 e. The van der Waals surface area contributed by atoms with E-state index in [4.69, 9.17) is 0 Å². The van der Waals surface area contributed by atoms with Crippen LogP contribution in [0.1, 0.15) is 50.2 Å². The maximum atomic E-state index is 14.0. The van der Waals surface area contributed by atoms with Gasteiger partial charge in [-0.3, -0.25) is 9.69 Å². The Labute approximate surface area is 271 Å². The molecule has 1 fully saturated rings. The zero-order valence-electron chi connectivity index (χ0n) is 25.2. The molecule has 242 valence electrons. The topological polar surface area (TPSA) is 102 Å². The molecule has 0 unspecified atom stereocenters. The molecule has 2 heterocycles. The highest BCUT2D eigenvalue weighted by atomic mass is 32.2. The first-order chi connectivity index (χ1) is 22.4. The SMILES string of the molecule is CC(C)c1cc(F)ccc1N1C(=O)CS/C1=N\C(=O)NC1=C(c2ccc(-c3ncn(-c4ccc(OC(F)(F)F)cc4)n3)cc2)CCC1. The van der Waals surface area contributed by atoms with E-state index in [1.54, 1.807) is 0 Å². The number of rotatable bonds is 7. The number of carbonyl (C=O) groups is 2. The van der Waals surface area contributed by atoms with Gasteiger partial charge in [-0.15, -0.1) is 18.3 Å². The Morgan fingerprint density at radius 2 is 1.74 bits per heavy atom. The van der Waals surface area contributed by atoms with Gasteiger partial charge in [0.2, 0.25) is 5.91 Å². The number of urea groups is 1. The number of thioether (sulfide) groups is 1. The lowest BCUT2D eigenvalue weighted by atomic mass is 10.0. The van der Waals surface area contributed by atoms with E-state index in [2.05, 4.69) is 25.1 Å². The third-order valence-electron chi connectivity index (χ3n) is 7.61. The summed E-state index contributed by atoms with van der Waals surface area (Å²) in [5.41, 5.74) is 5.02. The fraction of sp³-hybridized carbons (Fsp3) is 0.242. The number of ether oxygens (including phenoxy) is 1. The second-order valence-corrected chi connectivity index (χ2v) is 12.1. The molecule has 3 amide bonds. The first-order valence-corrected chi connectivity index (χ1v) is 15.7. The molecule has 1 aliphatic heterocycles. The van der Waals surface area contributed by atoms with Gasteiger partial charge in [-0.25, -0.2) is 18.9 Å². The predicted molar refractivity (Wildman–Crippen MR) is 171 cm³/mol. The van der Waals surface area contributed by atoms with Crippen LogP contribution in [-0.4, -0.2) is 44.0 Å². The number of nitrogens with one attached hydrogen (secondary N) is 1. The average Bonchev–Trinajstić information content (AvgIpc) is 3.78. The van der Waals surface area contributed by atoms with Gasteiger partial charge in [0.05, 0.1) is 17.1 Å². The summed E-state index contributed by atoms with van der Waals surface area (Å²) in [6, 6.07) is 16.5. The number of amides is 3. The van der Waals surface area contributed by atoms with E-state index in [9.17, 15) is 27.2 Å². The molecule has 6 rings (SSSR count). The van der Waals surface area contributed by atoms with Crippen molar-refractivity contribution in [1.29, 1.82) is 0 Å². The van der Waals surface area contributed by atoms with Gasteiger partial charge in [-0.05, 0) is 84.3 Å². The van der Waals surface area contributed by atoms with E-state index < -0.39 is 18.2 Å². The highest BCUT2D eigenvalue weighted by Crippen LogP contribution is 2.35. The number of aromatic nitrogens is 3. The molecule has 14 heteroatoms. The normalized spacial score (nSPS) is 16.1. The minimum atomic E-state index is -4.77. The van der Waals surface area contributed by atoms with Crippen LogP contribution in [0.2, 0.25) is 0 Å². The number of aliphatic imine (C=N–C) groups is 1. The first kappa shape index (κ1) is 32.0. The van der Waals surface area contributed by atoms with Crippen molar-refractivity contribution >= 4 is 40.1 Å². The molecular formula is C33H28F4N6O3S. The van der Waals surface area contributed by atoms with Crippen molar-refractivity contribution in [2.24, 2.45) is 4.99 Å². The third kappa shape index (κ3) is 7.22. The summed E-state index contributed by atoms with van der Waals surface area (Å²) in [7, 11) is 0. The van der Waals surface area contributed by atoms with Gasteiger partial charge in [0.15, 0.2) is 11.0 Å². The smallest absolute Gasteiger partial charge is 0.406 e. The van der Waals surface area contributed by atoms with Crippen molar-refractivity contribution in [3.05, 3.63) is 95.7 Å². The molecule has 1 aliphatic carbocycles. The lowest BCUT2D eigenvalue weighted by Gasteiger charge is -2.21. The minimum Gasteiger partial charge on any atom is -0.406 e. The predicted octanol–water partition coefficient (Wildman–Crippen LogP) is 7.84. The highest BCUT2D eigenvalue weighted by Gasteiger charge is 2.33. The number of amidine groups is 1. The van der Waals surface area contributed by atoms with Crippen LogP contribution in [0.3, 0.4) is 0 Å². The van der Waals surface area contributed by atoms with E-state index in [1.807, 2.05) is 38.1 Å². The van der Waals surface area contributed by atoms with Crippen molar-refractivity contribution in [3.63, 3.8) is 0 Å². The van der Waals surface area contributed by atoms with Gasteiger partial charge in [-0.2, -0.15) is 4.99 Å². The minimum absolute atomic E-state index is 0.0548. The molecular weight excluding hydrogens is 636 g/mol. The van der Waals surface area contributed by atoms with Gasteiger partial charge in [0.25, 0.3) is 0 Å². The summed E-state index contributed by atoms with van der Waals surface area (Å²) in [5.74, 6) is -0.477. The Morgan fingerprint density at radius 1 is 1.02 bits per heavy atom. The van der Waals surface area contributed by atoms with Crippen LogP contribution in [0.15, 0.2) is 83.7 Å². The number of halogens is 4. The number of alkyl halides is 3. The Kier molecular flexibility index (Phi) is 8.86. The monoisotopic (exact) mass is 664 g/mol. The highest BCUT2D eigenvalue weighted by molar-refractivity contribution is 8.15. The molecule has 1 N–H and O–H groups in total. The van der Waals surface area contributed by atoms with Crippen LogP contribution < -0.4 is 15.0 Å². The molecule has 0 radical (unpaired) electrons. The number of benzene rings is 3. The van der Waals surface area contributed by atoms with Crippen molar-refractivity contribution in [2.75, 3.05) is 10.7 Å². The fourth-order valence-corrected chi connectivity index (χ4v) is 6.32. The summed E-state index contributed by atoms with van der Waals surface area (Å²) in [5, 5.41) is 7.60. The number of hydrogen-bond acceptors (Lipinski definition) is 6. The Hall–Kier alpha value is -4.98. The molecule has 47 heavy (non-hydrogen) atoms. The molecule has 0 spiro atoms. The maximum absolute atomic E-state index is 14.0. The molecule has 9 nitrogen and oxygen atoms in total. The van der Waals surface area contributed by atoms with E-state index in [0.717, 1.165) is 47.0 Å². The van der Waals surface area contributed by atoms with Gasteiger partial charge >= 0.3 is 12.4 Å². The summed E-state index contributed by atoms with van der Waals surface area (Å²) >= 11 is 1.16.